The van der Waals surface area contributed by atoms with Gasteiger partial charge in [0.1, 0.15) is 17.5 Å². The minimum Gasteiger partial charge on any atom is -0.444 e. The zero-order chi connectivity index (χ0) is 29.0. The van der Waals surface area contributed by atoms with Gasteiger partial charge in [0.2, 0.25) is 5.91 Å². The van der Waals surface area contributed by atoms with E-state index in [1.165, 1.54) is 24.0 Å². The predicted molar refractivity (Wildman–Crippen MR) is 141 cm³/mol. The normalized spacial score (nSPS) is 16.4. The van der Waals surface area contributed by atoms with Crippen molar-refractivity contribution in [2.24, 2.45) is 0 Å². The molecule has 1 saturated heterocycles. The van der Waals surface area contributed by atoms with Crippen molar-refractivity contribution in [2.75, 3.05) is 30.9 Å². The van der Waals surface area contributed by atoms with Crippen LogP contribution >= 0.6 is 0 Å². The van der Waals surface area contributed by atoms with Crippen LogP contribution in [0, 0.1) is 5.82 Å². The van der Waals surface area contributed by atoms with Gasteiger partial charge in [-0.1, -0.05) is 24.3 Å². The molecule has 0 aliphatic carbocycles. The highest BCUT2D eigenvalue weighted by Gasteiger charge is 2.32. The van der Waals surface area contributed by atoms with Crippen LogP contribution in [0.5, 0.6) is 0 Å². The van der Waals surface area contributed by atoms with E-state index >= 15 is 4.39 Å². The summed E-state index contributed by atoms with van der Waals surface area (Å²) in [5.74, 6) is -0.831. The Morgan fingerprint density at radius 2 is 1.85 bits per heavy atom. The number of nitrogens with one attached hydrogen (secondary N) is 2. The largest absolute Gasteiger partial charge is 0.444 e. The molecule has 1 aliphatic heterocycles. The van der Waals surface area contributed by atoms with Gasteiger partial charge in [-0.05, 0) is 50.1 Å². The van der Waals surface area contributed by atoms with Gasteiger partial charge < -0.3 is 20.1 Å². The second-order valence-corrected chi connectivity index (χ2v) is 11.7. The third-order valence-corrected chi connectivity index (χ3v) is 6.05. The maximum atomic E-state index is 15.1. The minimum atomic E-state index is -3.78. The van der Waals surface area contributed by atoms with Crippen molar-refractivity contribution >= 4 is 33.9 Å². The van der Waals surface area contributed by atoms with E-state index in [1.54, 1.807) is 51.1 Å². The van der Waals surface area contributed by atoms with Crippen molar-refractivity contribution in [3.05, 3.63) is 53.8 Å². The molecule has 3 amide bonds. The van der Waals surface area contributed by atoms with E-state index in [9.17, 15) is 22.8 Å². The third-order valence-electron chi connectivity index (χ3n) is 5.48. The first-order valence-corrected chi connectivity index (χ1v) is 13.9. The lowest BCUT2D eigenvalue weighted by Gasteiger charge is -2.24. The fourth-order valence-electron chi connectivity index (χ4n) is 3.76. The minimum absolute atomic E-state index is 0.156. The maximum Gasteiger partial charge on any atom is 0.414 e. The van der Waals surface area contributed by atoms with Gasteiger partial charge in [0.05, 0.1) is 37.7 Å². The molecule has 3 rings (SSSR count). The molecule has 2 aromatic carbocycles. The molecule has 0 radical (unpaired) electrons. The number of hydrogen-bond acceptors (Lipinski definition) is 8. The molecule has 1 fully saturated rings. The Labute approximate surface area is 226 Å². The average molecular weight is 566 g/mol. The smallest absolute Gasteiger partial charge is 0.414 e. The molecule has 13 heteroatoms. The summed E-state index contributed by atoms with van der Waals surface area (Å²) < 4.78 is 53.5. The predicted octanol–water partition coefficient (Wildman–Crippen LogP) is 3.50. The summed E-state index contributed by atoms with van der Waals surface area (Å²) in [7, 11) is -3.78. The van der Waals surface area contributed by atoms with Crippen LogP contribution in [-0.2, 0) is 28.6 Å². The number of amides is 3. The molecule has 0 saturated carbocycles. The van der Waals surface area contributed by atoms with Crippen LogP contribution in [0.4, 0.5) is 19.7 Å². The van der Waals surface area contributed by atoms with Gasteiger partial charge in [-0.2, -0.15) is 8.42 Å². The number of nitrogens with zero attached hydrogens (tertiary/aromatic N) is 1. The number of halogens is 1. The van der Waals surface area contributed by atoms with Crippen molar-refractivity contribution in [3.8, 4) is 11.1 Å². The fourth-order valence-corrected chi connectivity index (χ4v) is 4.14. The highest BCUT2D eigenvalue weighted by Crippen LogP contribution is 2.30. The number of hydrogen-bond donors (Lipinski definition) is 2. The molecule has 2 aromatic rings. The number of anilines is 1. The number of cyclic esters (lactones) is 1. The first kappa shape index (κ1) is 29.8. The highest BCUT2D eigenvalue weighted by molar-refractivity contribution is 7.85. The molecule has 39 heavy (non-hydrogen) atoms. The summed E-state index contributed by atoms with van der Waals surface area (Å²) in [6.07, 6.45) is -1.04. The van der Waals surface area contributed by atoms with E-state index < -0.39 is 45.9 Å². The molecular formula is C26H32FN3O8S. The zero-order valence-corrected chi connectivity index (χ0v) is 23.1. The lowest BCUT2D eigenvalue weighted by molar-refractivity contribution is -0.119. The number of rotatable bonds is 9. The van der Waals surface area contributed by atoms with Crippen LogP contribution in [-0.4, -0.2) is 64.2 Å². The average Bonchev–Trinajstić information content (AvgIpc) is 3.19. The van der Waals surface area contributed by atoms with E-state index in [0.29, 0.717) is 16.8 Å². The van der Waals surface area contributed by atoms with Gasteiger partial charge in [-0.3, -0.25) is 13.9 Å². The Hall–Kier alpha value is -3.71. The van der Waals surface area contributed by atoms with Crippen LogP contribution in [0.2, 0.25) is 0 Å². The summed E-state index contributed by atoms with van der Waals surface area (Å²) >= 11 is 0. The molecule has 2 unspecified atom stereocenters. The fraction of sp³-hybridized carbons (Fsp3) is 0.423. The SMILES string of the molecule is CC(=O)NCC1CN(c2ccc(-c3ccc(C(COS(C)(=O)=O)NC(=O)OC(C)(C)C)cc3)c(F)c2)C(=O)O1. The monoisotopic (exact) mass is 565 g/mol. The lowest BCUT2D eigenvalue weighted by Crippen LogP contribution is -2.37. The van der Waals surface area contributed by atoms with E-state index in [4.69, 9.17) is 13.7 Å². The summed E-state index contributed by atoms with van der Waals surface area (Å²) in [6, 6.07) is 9.93. The van der Waals surface area contributed by atoms with Gasteiger partial charge in [0.25, 0.3) is 10.1 Å². The molecule has 0 spiro atoms. The third kappa shape index (κ3) is 8.93. The Bertz CT molecular complexity index is 1330. The standard InChI is InChI=1S/C26H32FN3O8S/c1-16(31)28-13-20-14-30(25(33)37-20)19-10-11-21(22(27)12-19)17-6-8-18(9-7-17)23(15-36-39(5,34)35)29-24(32)38-26(2,3)4/h6-12,20,23H,13-15H2,1-5H3,(H,28,31)(H,29,32). The lowest BCUT2D eigenvalue weighted by atomic mass is 10.00. The topological polar surface area (TPSA) is 140 Å². The van der Waals surface area contributed by atoms with Gasteiger partial charge in [-0.25, -0.2) is 14.0 Å². The van der Waals surface area contributed by atoms with Crippen molar-refractivity contribution in [1.82, 2.24) is 10.6 Å². The summed E-state index contributed by atoms with van der Waals surface area (Å²) in [5, 5.41) is 5.18. The number of carbonyl (C=O) groups excluding carboxylic acids is 3. The molecule has 2 atom stereocenters. The first-order valence-electron chi connectivity index (χ1n) is 12.1. The molecule has 0 bridgehead atoms. The molecule has 212 valence electrons. The van der Waals surface area contributed by atoms with E-state index in [0.717, 1.165) is 6.26 Å². The van der Waals surface area contributed by atoms with Crippen LogP contribution in [0.3, 0.4) is 0 Å². The Morgan fingerprint density at radius 3 is 2.41 bits per heavy atom. The number of alkyl carbamates (subject to hydrolysis) is 1. The second-order valence-electron chi connectivity index (χ2n) is 10.0. The molecular weight excluding hydrogens is 533 g/mol. The van der Waals surface area contributed by atoms with Crippen LogP contribution in [0.15, 0.2) is 42.5 Å². The Kier molecular flexibility index (Phi) is 9.18. The van der Waals surface area contributed by atoms with Gasteiger partial charge in [-0.15, -0.1) is 0 Å². The quantitative estimate of drug-likeness (QED) is 0.441. The zero-order valence-electron chi connectivity index (χ0n) is 22.3. The second kappa shape index (κ2) is 12.0. The van der Waals surface area contributed by atoms with Crippen LogP contribution in [0.25, 0.3) is 11.1 Å². The molecule has 1 heterocycles. The van der Waals surface area contributed by atoms with Gasteiger partial charge >= 0.3 is 12.2 Å². The number of ether oxygens (including phenoxy) is 2. The molecule has 2 N–H and O–H groups in total. The molecule has 0 aromatic heterocycles. The van der Waals surface area contributed by atoms with Gasteiger partial charge in [0, 0.05) is 12.5 Å². The molecule has 1 aliphatic rings. The van der Waals surface area contributed by atoms with E-state index in [1.807, 2.05) is 0 Å². The van der Waals surface area contributed by atoms with Crippen molar-refractivity contribution in [1.29, 1.82) is 0 Å². The van der Waals surface area contributed by atoms with Crippen LogP contribution < -0.4 is 15.5 Å². The van der Waals surface area contributed by atoms with Crippen molar-refractivity contribution in [3.63, 3.8) is 0 Å². The van der Waals surface area contributed by atoms with E-state index in [2.05, 4.69) is 10.6 Å². The Morgan fingerprint density at radius 1 is 1.18 bits per heavy atom. The summed E-state index contributed by atoms with van der Waals surface area (Å²) in [5.41, 5.74) is 0.822. The van der Waals surface area contributed by atoms with Crippen LogP contribution in [0.1, 0.15) is 39.3 Å². The van der Waals surface area contributed by atoms with Gasteiger partial charge in [0.15, 0.2) is 0 Å². The first-order chi connectivity index (χ1) is 18.1. The van der Waals surface area contributed by atoms with E-state index in [-0.39, 0.29) is 31.2 Å². The maximum absolute atomic E-state index is 15.1. The Balaban J connectivity index is 1.76. The highest BCUT2D eigenvalue weighted by atomic mass is 32.2. The van der Waals surface area contributed by atoms with Crippen molar-refractivity contribution in [2.45, 2.75) is 45.4 Å². The van der Waals surface area contributed by atoms with Crippen molar-refractivity contribution < 1.29 is 40.8 Å². The number of carbonyl (C=O) groups is 3. The molecule has 11 nitrogen and oxygen atoms in total. The number of benzene rings is 2. The summed E-state index contributed by atoms with van der Waals surface area (Å²) in [6.45, 7) is 6.39. The summed E-state index contributed by atoms with van der Waals surface area (Å²) in [4.78, 5) is 37.0.